The maximum Gasteiger partial charge on any atom is 0.104 e. The van der Waals surface area contributed by atoms with Gasteiger partial charge in [-0.1, -0.05) is 12.2 Å². The highest BCUT2D eigenvalue weighted by atomic mass is 79.9. The van der Waals surface area contributed by atoms with Gasteiger partial charge in [0.05, 0.1) is 5.69 Å². The van der Waals surface area contributed by atoms with Crippen LogP contribution in [0.2, 0.25) is 0 Å². The van der Waals surface area contributed by atoms with Gasteiger partial charge in [-0.15, -0.1) is 0 Å². The summed E-state index contributed by atoms with van der Waals surface area (Å²) in [6.45, 7) is 4.42. The van der Waals surface area contributed by atoms with E-state index in [0.717, 1.165) is 29.7 Å². The minimum Gasteiger partial charge on any atom is -0.389 e. The molecule has 1 aliphatic heterocycles. The highest BCUT2D eigenvalue weighted by Gasteiger charge is 2.15. The zero-order chi connectivity index (χ0) is 13.1. The third-order valence-corrected chi connectivity index (χ3v) is 4.16. The number of anilines is 1. The van der Waals surface area contributed by atoms with Crippen LogP contribution in [-0.4, -0.2) is 43.1 Å². The molecule has 2 N–H and O–H groups in total. The minimum atomic E-state index is 0.442. The molecule has 0 atom stereocenters. The average molecular weight is 328 g/mol. The van der Waals surface area contributed by atoms with E-state index in [9.17, 15) is 0 Å². The first-order chi connectivity index (χ1) is 8.58. The van der Waals surface area contributed by atoms with Gasteiger partial charge in [-0.2, -0.15) is 0 Å². The van der Waals surface area contributed by atoms with Gasteiger partial charge in [0.1, 0.15) is 4.99 Å². The van der Waals surface area contributed by atoms with Gasteiger partial charge in [-0.3, -0.25) is 0 Å². The number of rotatable bonds is 2. The Morgan fingerprint density at radius 2 is 2.06 bits per heavy atom. The summed E-state index contributed by atoms with van der Waals surface area (Å²) in [7, 11) is 2.18. The summed E-state index contributed by atoms with van der Waals surface area (Å²) >= 11 is 8.62. The molecule has 0 bridgehead atoms. The molecule has 1 heterocycles. The fourth-order valence-electron chi connectivity index (χ4n) is 2.20. The van der Waals surface area contributed by atoms with Gasteiger partial charge < -0.3 is 15.5 Å². The Bertz CT molecular complexity index is 450. The van der Waals surface area contributed by atoms with Crippen molar-refractivity contribution in [3.63, 3.8) is 0 Å². The predicted octanol–water partition coefficient (Wildman–Crippen LogP) is 2.23. The molecule has 1 aromatic rings. The van der Waals surface area contributed by atoms with Crippen LogP contribution in [0.3, 0.4) is 0 Å². The number of halogens is 1. The molecule has 2 rings (SSSR count). The number of benzene rings is 1. The van der Waals surface area contributed by atoms with Crippen LogP contribution in [0.15, 0.2) is 22.7 Å². The van der Waals surface area contributed by atoms with Crippen LogP contribution in [0, 0.1) is 0 Å². The standard InChI is InChI=1S/C13H18BrN3S/c1-16-5-2-6-17(8-7-16)12-4-3-10(13(15)18)9-11(12)14/h3-4,9H,2,5-8H2,1H3,(H2,15,18). The number of nitrogens with two attached hydrogens (primary N) is 1. The summed E-state index contributed by atoms with van der Waals surface area (Å²) < 4.78 is 1.07. The Hall–Kier alpha value is -0.650. The molecule has 1 aliphatic rings. The van der Waals surface area contributed by atoms with Crippen LogP contribution >= 0.6 is 28.1 Å². The van der Waals surface area contributed by atoms with Crippen molar-refractivity contribution in [2.45, 2.75) is 6.42 Å². The number of hydrogen-bond acceptors (Lipinski definition) is 3. The van der Waals surface area contributed by atoms with E-state index in [-0.39, 0.29) is 0 Å². The molecule has 5 heteroatoms. The molecule has 0 radical (unpaired) electrons. The molecule has 98 valence electrons. The number of thiocarbonyl (C=S) groups is 1. The Morgan fingerprint density at radius 1 is 1.28 bits per heavy atom. The Balaban J connectivity index is 2.20. The van der Waals surface area contributed by atoms with Gasteiger partial charge >= 0.3 is 0 Å². The van der Waals surface area contributed by atoms with Crippen LogP contribution in [-0.2, 0) is 0 Å². The summed E-state index contributed by atoms with van der Waals surface area (Å²) in [6, 6.07) is 6.10. The lowest BCUT2D eigenvalue weighted by Gasteiger charge is -2.24. The van der Waals surface area contributed by atoms with Crippen molar-refractivity contribution in [1.82, 2.24) is 4.90 Å². The Kier molecular flexibility index (Phi) is 4.59. The molecule has 0 saturated carbocycles. The molecule has 0 unspecified atom stereocenters. The van der Waals surface area contributed by atoms with Gasteiger partial charge in [-0.05, 0) is 54.1 Å². The summed E-state index contributed by atoms with van der Waals surface area (Å²) in [5, 5.41) is 0. The van der Waals surface area contributed by atoms with E-state index >= 15 is 0 Å². The molecular formula is C13H18BrN3S. The van der Waals surface area contributed by atoms with Crippen LogP contribution in [0.1, 0.15) is 12.0 Å². The number of hydrogen-bond donors (Lipinski definition) is 1. The van der Waals surface area contributed by atoms with Gasteiger partial charge in [0.2, 0.25) is 0 Å². The number of likely N-dealkylation sites (N-methyl/N-ethyl adjacent to an activating group) is 1. The number of nitrogens with zero attached hydrogens (tertiary/aromatic N) is 2. The first kappa shape index (κ1) is 13.8. The van der Waals surface area contributed by atoms with Crippen molar-refractivity contribution in [3.8, 4) is 0 Å². The van der Waals surface area contributed by atoms with E-state index in [1.165, 1.54) is 18.7 Å². The van der Waals surface area contributed by atoms with Crippen molar-refractivity contribution in [2.75, 3.05) is 38.1 Å². The maximum absolute atomic E-state index is 5.64. The van der Waals surface area contributed by atoms with Crippen LogP contribution < -0.4 is 10.6 Å². The van der Waals surface area contributed by atoms with Gasteiger partial charge in [0.15, 0.2) is 0 Å². The fourth-order valence-corrected chi connectivity index (χ4v) is 2.96. The Morgan fingerprint density at radius 3 is 2.72 bits per heavy atom. The summed E-state index contributed by atoms with van der Waals surface area (Å²) in [6.07, 6.45) is 1.19. The van der Waals surface area contributed by atoms with Crippen molar-refractivity contribution >= 4 is 38.8 Å². The van der Waals surface area contributed by atoms with E-state index in [1.807, 2.05) is 12.1 Å². The summed E-state index contributed by atoms with van der Waals surface area (Å²) in [5.74, 6) is 0. The van der Waals surface area contributed by atoms with Crippen molar-refractivity contribution < 1.29 is 0 Å². The molecule has 0 aliphatic carbocycles. The van der Waals surface area contributed by atoms with Crippen LogP contribution in [0.25, 0.3) is 0 Å². The topological polar surface area (TPSA) is 32.5 Å². The van der Waals surface area contributed by atoms with E-state index < -0.39 is 0 Å². The lowest BCUT2D eigenvalue weighted by molar-refractivity contribution is 0.360. The fraction of sp³-hybridized carbons (Fsp3) is 0.462. The highest BCUT2D eigenvalue weighted by molar-refractivity contribution is 9.10. The highest BCUT2D eigenvalue weighted by Crippen LogP contribution is 2.28. The van der Waals surface area contributed by atoms with E-state index in [2.05, 4.69) is 38.8 Å². The first-order valence-electron chi connectivity index (χ1n) is 6.11. The summed E-state index contributed by atoms with van der Waals surface area (Å²) in [4.78, 5) is 5.23. The molecule has 1 aromatic carbocycles. The van der Waals surface area contributed by atoms with Crippen LogP contribution in [0.4, 0.5) is 5.69 Å². The second kappa shape index (κ2) is 5.99. The molecule has 1 saturated heterocycles. The van der Waals surface area contributed by atoms with E-state index in [0.29, 0.717) is 4.99 Å². The zero-order valence-electron chi connectivity index (χ0n) is 10.5. The van der Waals surface area contributed by atoms with E-state index in [1.54, 1.807) is 0 Å². The molecule has 1 fully saturated rings. The maximum atomic E-state index is 5.64. The Labute approximate surface area is 122 Å². The quantitative estimate of drug-likeness (QED) is 0.844. The molecule has 3 nitrogen and oxygen atoms in total. The predicted molar refractivity (Wildman–Crippen MR) is 84.4 cm³/mol. The normalized spacial score (nSPS) is 17.6. The lowest BCUT2D eigenvalue weighted by atomic mass is 10.2. The van der Waals surface area contributed by atoms with Gasteiger partial charge in [-0.25, -0.2) is 0 Å². The van der Waals surface area contributed by atoms with Gasteiger partial charge in [0, 0.05) is 29.7 Å². The van der Waals surface area contributed by atoms with Crippen molar-refractivity contribution in [1.29, 1.82) is 0 Å². The van der Waals surface area contributed by atoms with Crippen molar-refractivity contribution in [3.05, 3.63) is 28.2 Å². The van der Waals surface area contributed by atoms with Gasteiger partial charge in [0.25, 0.3) is 0 Å². The summed E-state index contributed by atoms with van der Waals surface area (Å²) in [5.41, 5.74) is 7.78. The first-order valence-corrected chi connectivity index (χ1v) is 7.31. The van der Waals surface area contributed by atoms with Crippen molar-refractivity contribution in [2.24, 2.45) is 5.73 Å². The molecule has 18 heavy (non-hydrogen) atoms. The second-order valence-corrected chi connectivity index (χ2v) is 5.97. The largest absolute Gasteiger partial charge is 0.389 e. The lowest BCUT2D eigenvalue weighted by Crippen LogP contribution is -2.29. The smallest absolute Gasteiger partial charge is 0.104 e. The SMILES string of the molecule is CN1CCCN(c2ccc(C(N)=S)cc2Br)CC1. The monoisotopic (exact) mass is 327 g/mol. The minimum absolute atomic E-state index is 0.442. The van der Waals surface area contributed by atoms with E-state index in [4.69, 9.17) is 18.0 Å². The van der Waals surface area contributed by atoms with Crippen LogP contribution in [0.5, 0.6) is 0 Å². The third-order valence-electron chi connectivity index (χ3n) is 3.29. The third kappa shape index (κ3) is 3.22. The molecule has 0 amide bonds. The second-order valence-electron chi connectivity index (χ2n) is 4.67. The molecule has 0 spiro atoms. The molecule has 0 aromatic heterocycles. The average Bonchev–Trinajstić information content (AvgIpc) is 2.54. The zero-order valence-corrected chi connectivity index (χ0v) is 12.9. The molecular weight excluding hydrogens is 310 g/mol.